The van der Waals surface area contributed by atoms with Gasteiger partial charge in [0.2, 0.25) is 5.91 Å². The van der Waals surface area contributed by atoms with Crippen LogP contribution in [0.3, 0.4) is 0 Å². The van der Waals surface area contributed by atoms with E-state index in [-0.39, 0.29) is 5.91 Å². The minimum atomic E-state index is 0.0446. The van der Waals surface area contributed by atoms with Crippen LogP contribution in [-0.2, 0) is 11.2 Å². The summed E-state index contributed by atoms with van der Waals surface area (Å²) >= 11 is 1.67. The van der Waals surface area contributed by atoms with Crippen molar-refractivity contribution >= 4 is 28.1 Å². The maximum atomic E-state index is 12.6. The van der Waals surface area contributed by atoms with Gasteiger partial charge in [0.25, 0.3) is 0 Å². The van der Waals surface area contributed by atoms with Gasteiger partial charge in [0, 0.05) is 43.4 Å². The second-order valence-corrected chi connectivity index (χ2v) is 7.82. The van der Waals surface area contributed by atoms with Crippen molar-refractivity contribution in [2.45, 2.75) is 6.42 Å². The molecule has 0 bridgehead atoms. The molecule has 0 saturated carbocycles. The average Bonchev–Trinajstić information content (AvgIpc) is 3.26. The van der Waals surface area contributed by atoms with E-state index in [1.54, 1.807) is 11.3 Å². The molecule has 6 heteroatoms. The number of thiazole rings is 1. The Morgan fingerprint density at radius 3 is 2.50 bits per heavy atom. The number of para-hydroxylation sites is 1. The summed E-state index contributed by atoms with van der Waals surface area (Å²) < 4.78 is 0. The highest BCUT2D eigenvalue weighted by molar-refractivity contribution is 7.13. The Morgan fingerprint density at radius 2 is 1.75 bits per heavy atom. The molecule has 1 aromatic heterocycles. The molecule has 1 N–H and O–H groups in total. The van der Waals surface area contributed by atoms with Crippen LogP contribution in [0.25, 0.3) is 0 Å². The molecule has 4 rings (SSSR count). The van der Waals surface area contributed by atoms with E-state index in [9.17, 15) is 4.79 Å². The van der Waals surface area contributed by atoms with Crippen LogP contribution in [0.5, 0.6) is 0 Å². The van der Waals surface area contributed by atoms with Crippen LogP contribution < -0.4 is 10.2 Å². The summed E-state index contributed by atoms with van der Waals surface area (Å²) in [5, 5.41) is 6.18. The van der Waals surface area contributed by atoms with Crippen LogP contribution in [0.4, 0.5) is 10.8 Å². The molecule has 3 aromatic rings. The zero-order valence-corrected chi connectivity index (χ0v) is 16.6. The van der Waals surface area contributed by atoms with Crippen molar-refractivity contribution in [2.24, 2.45) is 0 Å². The number of nitrogens with zero attached hydrogens (tertiary/aromatic N) is 3. The Labute approximate surface area is 169 Å². The molecule has 1 saturated heterocycles. The zero-order chi connectivity index (χ0) is 19.2. The van der Waals surface area contributed by atoms with Gasteiger partial charge in [0.15, 0.2) is 5.13 Å². The first kappa shape index (κ1) is 18.7. The van der Waals surface area contributed by atoms with Gasteiger partial charge in [-0.25, -0.2) is 4.98 Å². The SMILES string of the molecule is O=C(CN1CCN(c2nccs2)CC1)Nc1ccccc1Cc1ccccc1. The highest BCUT2D eigenvalue weighted by Gasteiger charge is 2.20. The van der Waals surface area contributed by atoms with Crippen LogP contribution in [0.2, 0.25) is 0 Å². The fourth-order valence-electron chi connectivity index (χ4n) is 3.47. The number of hydrogen-bond donors (Lipinski definition) is 1. The molecule has 1 amide bonds. The largest absolute Gasteiger partial charge is 0.346 e. The third kappa shape index (κ3) is 4.77. The number of hydrogen-bond acceptors (Lipinski definition) is 5. The summed E-state index contributed by atoms with van der Waals surface area (Å²) in [4.78, 5) is 21.5. The molecule has 0 atom stereocenters. The third-order valence-corrected chi connectivity index (χ3v) is 5.79. The van der Waals surface area contributed by atoms with Crippen molar-refractivity contribution < 1.29 is 4.79 Å². The zero-order valence-electron chi connectivity index (χ0n) is 15.8. The number of amides is 1. The Kier molecular flexibility index (Phi) is 5.99. The van der Waals surface area contributed by atoms with E-state index in [1.807, 2.05) is 48.0 Å². The lowest BCUT2D eigenvalue weighted by Crippen LogP contribution is -2.48. The van der Waals surface area contributed by atoms with Crippen molar-refractivity contribution in [1.29, 1.82) is 0 Å². The van der Waals surface area contributed by atoms with Crippen LogP contribution in [0.15, 0.2) is 66.2 Å². The Bertz CT molecular complexity index is 890. The Morgan fingerprint density at radius 1 is 1.00 bits per heavy atom. The summed E-state index contributed by atoms with van der Waals surface area (Å²) in [6.45, 7) is 3.99. The van der Waals surface area contributed by atoms with Crippen LogP contribution in [0, 0.1) is 0 Å². The maximum Gasteiger partial charge on any atom is 0.238 e. The van der Waals surface area contributed by atoms with Gasteiger partial charge in [-0.3, -0.25) is 9.69 Å². The first-order valence-corrected chi connectivity index (χ1v) is 10.4. The number of nitrogens with one attached hydrogen (secondary N) is 1. The second-order valence-electron chi connectivity index (χ2n) is 6.95. The lowest BCUT2D eigenvalue weighted by molar-refractivity contribution is -0.117. The molecule has 2 heterocycles. The first-order chi connectivity index (χ1) is 13.8. The normalized spacial score (nSPS) is 14.8. The van der Waals surface area contributed by atoms with Crippen LogP contribution >= 0.6 is 11.3 Å². The van der Waals surface area contributed by atoms with E-state index < -0.39 is 0 Å². The fraction of sp³-hybridized carbons (Fsp3) is 0.273. The number of carbonyl (C=O) groups is 1. The lowest BCUT2D eigenvalue weighted by Gasteiger charge is -2.34. The van der Waals surface area contributed by atoms with Crippen molar-refractivity contribution in [3.63, 3.8) is 0 Å². The van der Waals surface area contributed by atoms with Crippen molar-refractivity contribution in [3.8, 4) is 0 Å². The molecule has 0 radical (unpaired) electrons. The van der Waals surface area contributed by atoms with Crippen LogP contribution in [0.1, 0.15) is 11.1 Å². The number of piperazine rings is 1. The van der Waals surface area contributed by atoms with Gasteiger partial charge in [-0.15, -0.1) is 11.3 Å². The van der Waals surface area contributed by atoms with Crippen molar-refractivity contribution in [2.75, 3.05) is 42.9 Å². The third-order valence-electron chi connectivity index (χ3n) is 4.96. The molecule has 0 aliphatic carbocycles. The fourth-order valence-corrected chi connectivity index (χ4v) is 4.17. The van der Waals surface area contributed by atoms with Gasteiger partial charge >= 0.3 is 0 Å². The van der Waals surface area contributed by atoms with E-state index in [0.717, 1.165) is 49.0 Å². The van der Waals surface area contributed by atoms with Gasteiger partial charge < -0.3 is 10.2 Å². The number of carbonyl (C=O) groups excluding carboxylic acids is 1. The van der Waals surface area contributed by atoms with Gasteiger partial charge in [-0.1, -0.05) is 48.5 Å². The number of anilines is 2. The molecule has 0 unspecified atom stereocenters. The van der Waals surface area contributed by atoms with E-state index in [2.05, 4.69) is 38.3 Å². The molecule has 144 valence electrons. The highest BCUT2D eigenvalue weighted by Crippen LogP contribution is 2.20. The van der Waals surface area contributed by atoms with Crippen molar-refractivity contribution in [1.82, 2.24) is 9.88 Å². The lowest BCUT2D eigenvalue weighted by atomic mass is 10.0. The Hall–Kier alpha value is -2.70. The monoisotopic (exact) mass is 392 g/mol. The minimum absolute atomic E-state index is 0.0446. The molecular weight excluding hydrogens is 368 g/mol. The minimum Gasteiger partial charge on any atom is -0.346 e. The smallest absolute Gasteiger partial charge is 0.238 e. The molecule has 1 aliphatic rings. The van der Waals surface area contributed by atoms with Crippen LogP contribution in [-0.4, -0.2) is 48.5 Å². The van der Waals surface area contributed by atoms with E-state index in [4.69, 9.17) is 0 Å². The number of aromatic nitrogens is 1. The standard InChI is InChI=1S/C22H24N4OS/c27-21(17-25-11-13-26(14-12-25)22-23-10-15-28-22)24-20-9-5-4-8-19(20)16-18-6-2-1-3-7-18/h1-10,15H,11-14,16-17H2,(H,24,27). The topological polar surface area (TPSA) is 48.5 Å². The van der Waals surface area contributed by atoms with Gasteiger partial charge in [0.05, 0.1) is 6.54 Å². The van der Waals surface area contributed by atoms with E-state index in [1.165, 1.54) is 5.56 Å². The molecule has 1 aliphatic heterocycles. The Balaban J connectivity index is 1.32. The summed E-state index contributed by atoms with van der Waals surface area (Å²) in [6.07, 6.45) is 2.65. The molecule has 28 heavy (non-hydrogen) atoms. The quantitative estimate of drug-likeness (QED) is 0.698. The molecule has 2 aromatic carbocycles. The summed E-state index contributed by atoms with van der Waals surface area (Å²) in [6, 6.07) is 18.4. The molecular formula is C22H24N4OS. The average molecular weight is 393 g/mol. The van der Waals surface area contributed by atoms with E-state index >= 15 is 0 Å². The van der Waals surface area contributed by atoms with Gasteiger partial charge in [-0.05, 0) is 23.6 Å². The van der Waals surface area contributed by atoms with Crippen molar-refractivity contribution in [3.05, 3.63) is 77.3 Å². The number of rotatable bonds is 6. The van der Waals surface area contributed by atoms with Gasteiger partial charge in [-0.2, -0.15) is 0 Å². The first-order valence-electron chi connectivity index (χ1n) is 9.56. The van der Waals surface area contributed by atoms with Gasteiger partial charge in [0.1, 0.15) is 0 Å². The predicted molar refractivity (Wildman–Crippen MR) is 115 cm³/mol. The maximum absolute atomic E-state index is 12.6. The van der Waals surface area contributed by atoms with E-state index in [0.29, 0.717) is 6.54 Å². The molecule has 0 spiro atoms. The second kappa shape index (κ2) is 8.99. The molecule has 1 fully saturated rings. The number of benzene rings is 2. The summed E-state index contributed by atoms with van der Waals surface area (Å²) in [5.41, 5.74) is 3.27. The summed E-state index contributed by atoms with van der Waals surface area (Å²) in [7, 11) is 0. The highest BCUT2D eigenvalue weighted by atomic mass is 32.1. The predicted octanol–water partition coefficient (Wildman–Crippen LogP) is 3.49. The summed E-state index contributed by atoms with van der Waals surface area (Å²) in [5.74, 6) is 0.0446. The molecule has 5 nitrogen and oxygen atoms in total.